The molecule has 1 aromatic carbocycles. The molecule has 0 fully saturated rings. The van der Waals surface area contributed by atoms with Gasteiger partial charge in [-0.15, -0.1) is 0 Å². The molecule has 2 N–H and O–H groups in total. The van der Waals surface area contributed by atoms with Crippen LogP contribution in [-0.4, -0.2) is 38.4 Å². The highest BCUT2D eigenvalue weighted by atomic mass is 19.4. The average Bonchev–Trinajstić information content (AvgIpc) is 3.54. The second-order valence-electron chi connectivity index (χ2n) is 8.26. The number of hydrogen-bond acceptors (Lipinski definition) is 6. The van der Waals surface area contributed by atoms with E-state index in [9.17, 15) is 18.0 Å². The van der Waals surface area contributed by atoms with Crippen LogP contribution in [0, 0.1) is 0 Å². The van der Waals surface area contributed by atoms with Gasteiger partial charge in [-0.25, -0.2) is 4.68 Å². The van der Waals surface area contributed by atoms with Crippen molar-refractivity contribution in [3.63, 3.8) is 0 Å². The highest BCUT2D eigenvalue weighted by molar-refractivity contribution is 6.03. The summed E-state index contributed by atoms with van der Waals surface area (Å²) in [6.07, 6.45) is 0.279. The van der Waals surface area contributed by atoms with E-state index < -0.39 is 24.2 Å². The monoisotopic (exact) mass is 476 g/mol. The number of carbonyl (C=O) groups is 1. The molecular formula is C22H23F3N6O3. The van der Waals surface area contributed by atoms with Crippen molar-refractivity contribution in [1.29, 1.82) is 0 Å². The molecule has 1 amide bonds. The molecule has 5 rings (SSSR count). The number of nitrogens with zero attached hydrogens (tertiary/aromatic N) is 4. The Morgan fingerprint density at radius 2 is 2.09 bits per heavy atom. The number of carbonyl (C=O) groups excluding carboxylic acids is 1. The highest BCUT2D eigenvalue weighted by Crippen LogP contribution is 2.45. The van der Waals surface area contributed by atoms with Gasteiger partial charge >= 0.3 is 6.18 Å². The van der Waals surface area contributed by atoms with E-state index in [1.54, 1.807) is 29.1 Å². The molecule has 3 aromatic rings. The lowest BCUT2D eigenvalue weighted by Crippen LogP contribution is -2.35. The van der Waals surface area contributed by atoms with Gasteiger partial charge in [0.25, 0.3) is 5.91 Å². The van der Waals surface area contributed by atoms with Crippen molar-refractivity contribution in [3.05, 3.63) is 47.9 Å². The zero-order valence-corrected chi connectivity index (χ0v) is 18.3. The average molecular weight is 476 g/mol. The van der Waals surface area contributed by atoms with Gasteiger partial charge in [0.15, 0.2) is 23.2 Å². The predicted octanol–water partition coefficient (Wildman–Crippen LogP) is 4.52. The van der Waals surface area contributed by atoms with Gasteiger partial charge < -0.3 is 20.1 Å². The van der Waals surface area contributed by atoms with Crippen LogP contribution in [0.5, 0.6) is 11.5 Å². The van der Waals surface area contributed by atoms with E-state index in [0.717, 1.165) is 17.5 Å². The van der Waals surface area contributed by atoms with Crippen LogP contribution in [0.3, 0.4) is 0 Å². The van der Waals surface area contributed by atoms with Gasteiger partial charge in [-0.2, -0.15) is 23.4 Å². The molecule has 0 saturated carbocycles. The van der Waals surface area contributed by atoms with Crippen molar-refractivity contribution in [1.82, 2.24) is 19.6 Å². The Balaban J connectivity index is 1.38. The maximum absolute atomic E-state index is 13.9. The van der Waals surface area contributed by atoms with E-state index >= 15 is 0 Å². The summed E-state index contributed by atoms with van der Waals surface area (Å²) in [5.74, 6) is 0.537. The Morgan fingerprint density at radius 1 is 1.26 bits per heavy atom. The van der Waals surface area contributed by atoms with Crippen LogP contribution >= 0.6 is 0 Å². The molecule has 2 aromatic heterocycles. The predicted molar refractivity (Wildman–Crippen MR) is 116 cm³/mol. The zero-order valence-electron chi connectivity index (χ0n) is 18.3. The topological polar surface area (TPSA) is 95.2 Å². The fourth-order valence-electron chi connectivity index (χ4n) is 4.10. The van der Waals surface area contributed by atoms with Gasteiger partial charge in [0.05, 0.1) is 17.9 Å². The zero-order chi connectivity index (χ0) is 23.9. The Labute approximate surface area is 192 Å². The molecule has 9 nitrogen and oxygen atoms in total. The summed E-state index contributed by atoms with van der Waals surface area (Å²) in [6, 6.07) is 3.83. The van der Waals surface area contributed by atoms with Gasteiger partial charge in [-0.1, -0.05) is 19.4 Å². The molecule has 0 saturated heterocycles. The number of halogens is 3. The number of nitrogens with one attached hydrogen (secondary N) is 2. The van der Waals surface area contributed by atoms with E-state index in [4.69, 9.17) is 9.47 Å². The molecule has 0 radical (unpaired) electrons. The Hall–Kier alpha value is -3.70. The third-order valence-electron chi connectivity index (χ3n) is 5.85. The summed E-state index contributed by atoms with van der Waals surface area (Å²) in [5.41, 5.74) is 0.950. The number of rotatable bonds is 6. The Kier molecular flexibility index (Phi) is 5.58. The number of ether oxygens (including phenoxy) is 2. The molecule has 0 bridgehead atoms. The molecule has 12 heteroatoms. The molecule has 0 unspecified atom stereocenters. The molecular weight excluding hydrogens is 453 g/mol. The molecule has 4 heterocycles. The van der Waals surface area contributed by atoms with Gasteiger partial charge in [0, 0.05) is 25.2 Å². The summed E-state index contributed by atoms with van der Waals surface area (Å²) in [7, 11) is 0. The van der Waals surface area contributed by atoms with Crippen molar-refractivity contribution in [2.24, 2.45) is 0 Å². The summed E-state index contributed by atoms with van der Waals surface area (Å²) >= 11 is 0. The van der Waals surface area contributed by atoms with Crippen molar-refractivity contribution < 1.29 is 27.4 Å². The number of aromatic nitrogens is 4. The number of hydrogen-bond donors (Lipinski definition) is 2. The number of amides is 1. The van der Waals surface area contributed by atoms with Crippen LogP contribution in [0.1, 0.15) is 54.3 Å². The highest BCUT2D eigenvalue weighted by Gasteiger charge is 2.47. The van der Waals surface area contributed by atoms with Gasteiger partial charge in [-0.3, -0.25) is 9.48 Å². The maximum atomic E-state index is 13.9. The number of benzene rings is 1. The lowest BCUT2D eigenvalue weighted by Gasteiger charge is -2.33. The largest absolute Gasteiger partial charge is 0.454 e. The van der Waals surface area contributed by atoms with Crippen LogP contribution < -0.4 is 20.1 Å². The summed E-state index contributed by atoms with van der Waals surface area (Å²) in [6.45, 7) is 2.85. The van der Waals surface area contributed by atoms with Crippen LogP contribution in [0.15, 0.2) is 36.7 Å². The van der Waals surface area contributed by atoms with Gasteiger partial charge in [0.1, 0.15) is 5.82 Å². The number of alkyl halides is 3. The van der Waals surface area contributed by atoms with E-state index in [0.29, 0.717) is 29.3 Å². The standard InChI is InChI=1S/C22H23F3N6O3/c1-2-3-6-30-11-14(10-26-30)27-21(32)16-9-20-28-15(8-19(22(23,24)25)31(20)29-16)13-4-5-17-18(7-13)34-12-33-17/h4-5,7,9-11,15,19,28H,2-3,6,8,12H2,1H3,(H,27,32)/t15-,19-/m1/s1. The fourth-order valence-corrected chi connectivity index (χ4v) is 4.10. The third kappa shape index (κ3) is 4.27. The van der Waals surface area contributed by atoms with Crippen LogP contribution in [0.4, 0.5) is 24.7 Å². The van der Waals surface area contributed by atoms with Crippen molar-refractivity contribution in [2.45, 2.75) is 51.0 Å². The number of unbranched alkanes of at least 4 members (excludes halogenated alkanes) is 1. The first-order chi connectivity index (χ1) is 16.3. The lowest BCUT2D eigenvalue weighted by atomic mass is 9.96. The smallest absolute Gasteiger partial charge is 0.410 e. The first-order valence-corrected chi connectivity index (χ1v) is 11.0. The van der Waals surface area contributed by atoms with E-state index in [1.165, 1.54) is 12.3 Å². The molecule has 0 aliphatic carbocycles. The van der Waals surface area contributed by atoms with Crippen molar-refractivity contribution in [3.8, 4) is 11.5 Å². The van der Waals surface area contributed by atoms with Gasteiger partial charge in [-0.05, 0) is 24.1 Å². The minimum Gasteiger partial charge on any atom is -0.454 e. The Bertz CT molecular complexity index is 1200. The van der Waals surface area contributed by atoms with E-state index in [-0.39, 0.29) is 24.7 Å². The second-order valence-corrected chi connectivity index (χ2v) is 8.26. The van der Waals surface area contributed by atoms with E-state index in [1.807, 2.05) is 0 Å². The molecule has 0 spiro atoms. The second kappa shape index (κ2) is 8.58. The van der Waals surface area contributed by atoms with Crippen LogP contribution in [0.2, 0.25) is 0 Å². The normalized spacial score (nSPS) is 18.9. The third-order valence-corrected chi connectivity index (χ3v) is 5.85. The number of anilines is 2. The van der Waals surface area contributed by atoms with Crippen molar-refractivity contribution >= 4 is 17.4 Å². The summed E-state index contributed by atoms with van der Waals surface area (Å²) in [5, 5.41) is 13.9. The quantitative estimate of drug-likeness (QED) is 0.543. The summed E-state index contributed by atoms with van der Waals surface area (Å²) < 4.78 is 55.0. The number of aryl methyl sites for hydroxylation is 1. The van der Waals surface area contributed by atoms with Crippen molar-refractivity contribution in [2.75, 3.05) is 17.4 Å². The number of fused-ring (bicyclic) bond motifs is 2. The fraction of sp³-hybridized carbons (Fsp3) is 0.409. The van der Waals surface area contributed by atoms with Crippen LogP contribution in [-0.2, 0) is 6.54 Å². The first-order valence-electron chi connectivity index (χ1n) is 11.0. The van der Waals surface area contributed by atoms with E-state index in [2.05, 4.69) is 27.8 Å². The molecule has 34 heavy (non-hydrogen) atoms. The summed E-state index contributed by atoms with van der Waals surface area (Å²) in [4.78, 5) is 12.7. The maximum Gasteiger partial charge on any atom is 0.410 e. The van der Waals surface area contributed by atoms with Crippen LogP contribution in [0.25, 0.3) is 0 Å². The Morgan fingerprint density at radius 3 is 2.88 bits per heavy atom. The SMILES string of the molecule is CCCCn1cc(NC(=O)c2cc3n(n2)[C@@H](C(F)(F)F)C[C@H](c2ccc4c(c2)OCO4)N3)cn1. The lowest BCUT2D eigenvalue weighted by molar-refractivity contribution is -0.173. The minimum atomic E-state index is -4.55. The molecule has 2 atom stereocenters. The molecule has 180 valence electrons. The molecule has 2 aliphatic rings. The minimum absolute atomic E-state index is 0.0742. The first kappa shape index (κ1) is 22.1. The van der Waals surface area contributed by atoms with Gasteiger partial charge in [0.2, 0.25) is 6.79 Å². The molecule has 2 aliphatic heterocycles.